The minimum Gasteiger partial charge on any atom is -0.444 e. The van der Waals surface area contributed by atoms with Gasteiger partial charge in [-0.3, -0.25) is 0 Å². The average Bonchev–Trinajstić information content (AvgIpc) is 2.74. The van der Waals surface area contributed by atoms with Crippen molar-refractivity contribution in [2.45, 2.75) is 39.7 Å². The highest BCUT2D eigenvalue weighted by Gasteiger charge is 2.20. The first-order chi connectivity index (χ1) is 7.88. The van der Waals surface area contributed by atoms with Crippen molar-refractivity contribution in [2.24, 2.45) is 0 Å². The van der Waals surface area contributed by atoms with E-state index in [4.69, 9.17) is 16.6 Å². The molecule has 0 bridgehead atoms. The van der Waals surface area contributed by atoms with E-state index in [1.54, 1.807) is 6.20 Å². The fraction of sp³-hybridized carbons (Fsp3) is 0.500. The highest BCUT2D eigenvalue weighted by atomic mass is 32.1. The fourth-order valence-corrected chi connectivity index (χ4v) is 2.01. The van der Waals surface area contributed by atoms with Crippen LogP contribution in [0, 0.1) is 11.7 Å². The Kier molecular flexibility index (Phi) is 2.95. The van der Waals surface area contributed by atoms with Gasteiger partial charge in [0.1, 0.15) is 12.3 Å². The van der Waals surface area contributed by atoms with E-state index in [9.17, 15) is 0 Å². The van der Waals surface area contributed by atoms with Gasteiger partial charge in [-0.05, 0) is 19.1 Å². The van der Waals surface area contributed by atoms with E-state index in [1.165, 1.54) is 0 Å². The van der Waals surface area contributed by atoms with E-state index in [2.05, 4.69) is 30.7 Å². The Morgan fingerprint density at radius 3 is 2.71 bits per heavy atom. The maximum absolute atomic E-state index is 5.49. The van der Waals surface area contributed by atoms with Crippen LogP contribution in [0.2, 0.25) is 0 Å². The van der Waals surface area contributed by atoms with Crippen LogP contribution in [0.3, 0.4) is 0 Å². The molecular formula is C12H17N3OS. The lowest BCUT2D eigenvalue weighted by Crippen LogP contribution is -2.18. The summed E-state index contributed by atoms with van der Waals surface area (Å²) in [5.41, 5.74) is 1.19. The van der Waals surface area contributed by atoms with E-state index >= 15 is 0 Å². The second-order valence-corrected chi connectivity index (χ2v) is 5.57. The van der Waals surface area contributed by atoms with Crippen LogP contribution < -0.4 is 0 Å². The first kappa shape index (κ1) is 12.1. The summed E-state index contributed by atoms with van der Waals surface area (Å²) in [5.74, 6) is 1.50. The van der Waals surface area contributed by atoms with Gasteiger partial charge in [0.25, 0.3) is 0 Å². The monoisotopic (exact) mass is 251 g/mol. The van der Waals surface area contributed by atoms with Crippen molar-refractivity contribution in [1.29, 1.82) is 0 Å². The number of oxazole rings is 1. The number of aromatic nitrogens is 3. The summed E-state index contributed by atoms with van der Waals surface area (Å²) in [5, 5.41) is 0. The van der Waals surface area contributed by atoms with Gasteiger partial charge in [-0.15, -0.1) is 0 Å². The molecule has 0 saturated carbocycles. The number of rotatable bonds is 2. The van der Waals surface area contributed by atoms with Crippen LogP contribution in [0.15, 0.2) is 16.8 Å². The predicted molar refractivity (Wildman–Crippen MR) is 68.7 cm³/mol. The normalized spacial score (nSPS) is 12.0. The standard InChI is InChI=1S/C12H17N3OS/c1-8-5-13-10(16-8)7-15-9(12(2,3)4)6-14-11(15)17/h5-6H,7H2,1-4H3,(H,14,17). The summed E-state index contributed by atoms with van der Waals surface area (Å²) in [6, 6.07) is 0. The number of hydrogen-bond donors (Lipinski definition) is 1. The number of aryl methyl sites for hydroxylation is 1. The van der Waals surface area contributed by atoms with Crippen LogP contribution in [0.4, 0.5) is 0 Å². The first-order valence-corrected chi connectivity index (χ1v) is 5.99. The molecule has 2 heterocycles. The zero-order valence-corrected chi connectivity index (χ0v) is 11.4. The lowest BCUT2D eigenvalue weighted by atomic mass is 9.92. The lowest BCUT2D eigenvalue weighted by Gasteiger charge is -2.19. The summed E-state index contributed by atoms with van der Waals surface area (Å²) >= 11 is 5.29. The molecule has 2 aromatic rings. The van der Waals surface area contributed by atoms with Crippen LogP contribution in [-0.2, 0) is 12.0 Å². The van der Waals surface area contributed by atoms with Crippen molar-refractivity contribution in [3.8, 4) is 0 Å². The maximum Gasteiger partial charge on any atom is 0.214 e. The largest absolute Gasteiger partial charge is 0.444 e. The molecule has 17 heavy (non-hydrogen) atoms. The van der Waals surface area contributed by atoms with Crippen LogP contribution in [0.25, 0.3) is 0 Å². The van der Waals surface area contributed by atoms with E-state index < -0.39 is 0 Å². The van der Waals surface area contributed by atoms with Gasteiger partial charge in [0.2, 0.25) is 5.89 Å². The van der Waals surface area contributed by atoms with Gasteiger partial charge in [0.15, 0.2) is 4.77 Å². The molecular weight excluding hydrogens is 234 g/mol. The smallest absolute Gasteiger partial charge is 0.214 e. The van der Waals surface area contributed by atoms with Crippen molar-refractivity contribution >= 4 is 12.2 Å². The Morgan fingerprint density at radius 2 is 2.18 bits per heavy atom. The molecule has 0 aliphatic carbocycles. The summed E-state index contributed by atoms with van der Waals surface area (Å²) in [7, 11) is 0. The summed E-state index contributed by atoms with van der Waals surface area (Å²) in [6.45, 7) is 8.92. The molecule has 92 valence electrons. The highest BCUT2D eigenvalue weighted by Crippen LogP contribution is 2.23. The summed E-state index contributed by atoms with van der Waals surface area (Å²) < 4.78 is 8.22. The Hall–Kier alpha value is -1.36. The Morgan fingerprint density at radius 1 is 1.47 bits per heavy atom. The van der Waals surface area contributed by atoms with Gasteiger partial charge < -0.3 is 14.0 Å². The van der Waals surface area contributed by atoms with E-state index in [0.29, 0.717) is 17.2 Å². The van der Waals surface area contributed by atoms with E-state index in [-0.39, 0.29) is 5.41 Å². The van der Waals surface area contributed by atoms with Crippen LogP contribution >= 0.6 is 12.2 Å². The van der Waals surface area contributed by atoms with Crippen molar-refractivity contribution in [3.05, 3.63) is 34.5 Å². The molecule has 0 saturated heterocycles. The number of H-pyrrole nitrogens is 1. The average molecular weight is 251 g/mol. The minimum absolute atomic E-state index is 0.0369. The first-order valence-electron chi connectivity index (χ1n) is 5.58. The van der Waals surface area contributed by atoms with E-state index in [1.807, 2.05) is 17.7 Å². The number of nitrogens with one attached hydrogen (secondary N) is 1. The third-order valence-electron chi connectivity index (χ3n) is 2.60. The third-order valence-corrected chi connectivity index (χ3v) is 2.94. The van der Waals surface area contributed by atoms with Crippen LogP contribution in [0.5, 0.6) is 0 Å². The molecule has 0 atom stereocenters. The molecule has 0 aliphatic rings. The van der Waals surface area contributed by atoms with Crippen LogP contribution in [-0.4, -0.2) is 14.5 Å². The van der Waals surface area contributed by atoms with Crippen molar-refractivity contribution in [3.63, 3.8) is 0 Å². The second-order valence-electron chi connectivity index (χ2n) is 5.18. The highest BCUT2D eigenvalue weighted by molar-refractivity contribution is 7.71. The molecule has 2 aromatic heterocycles. The third kappa shape index (κ3) is 2.49. The van der Waals surface area contributed by atoms with Gasteiger partial charge in [-0.1, -0.05) is 20.8 Å². The SMILES string of the molecule is Cc1cnc(Cn2c(C(C)(C)C)c[nH]c2=S)o1. The molecule has 0 amide bonds. The summed E-state index contributed by atoms with van der Waals surface area (Å²) in [4.78, 5) is 7.29. The predicted octanol–water partition coefficient (Wildman–Crippen LogP) is 3.19. The topological polar surface area (TPSA) is 46.8 Å². The fourth-order valence-electron chi connectivity index (χ4n) is 1.78. The van der Waals surface area contributed by atoms with Gasteiger partial charge in [0.05, 0.1) is 6.20 Å². The van der Waals surface area contributed by atoms with Gasteiger partial charge in [0, 0.05) is 17.3 Å². The molecule has 0 aliphatic heterocycles. The van der Waals surface area contributed by atoms with Gasteiger partial charge in [-0.25, -0.2) is 4.98 Å². The molecule has 0 spiro atoms. The van der Waals surface area contributed by atoms with Crippen molar-refractivity contribution in [1.82, 2.24) is 14.5 Å². The minimum atomic E-state index is 0.0369. The number of nitrogens with zero attached hydrogens (tertiary/aromatic N) is 2. The van der Waals surface area contributed by atoms with Gasteiger partial charge in [-0.2, -0.15) is 0 Å². The molecule has 0 fully saturated rings. The molecule has 0 aromatic carbocycles. The molecule has 2 rings (SSSR count). The van der Waals surface area contributed by atoms with Crippen molar-refractivity contribution in [2.75, 3.05) is 0 Å². The van der Waals surface area contributed by atoms with Crippen LogP contribution in [0.1, 0.15) is 38.1 Å². The molecule has 4 nitrogen and oxygen atoms in total. The number of imidazole rings is 1. The molecule has 5 heteroatoms. The summed E-state index contributed by atoms with van der Waals surface area (Å²) in [6.07, 6.45) is 3.68. The maximum atomic E-state index is 5.49. The second kappa shape index (κ2) is 4.14. The Labute approximate surface area is 106 Å². The Bertz CT molecular complexity index is 571. The number of aromatic amines is 1. The number of hydrogen-bond acceptors (Lipinski definition) is 3. The molecule has 1 N–H and O–H groups in total. The van der Waals surface area contributed by atoms with E-state index in [0.717, 1.165) is 11.5 Å². The quantitative estimate of drug-likeness (QED) is 0.834. The zero-order chi connectivity index (χ0) is 12.6. The molecule has 0 unspecified atom stereocenters. The Balaban J connectivity index is 2.39. The lowest BCUT2D eigenvalue weighted by molar-refractivity contribution is 0.440. The molecule has 0 radical (unpaired) electrons. The van der Waals surface area contributed by atoms with Gasteiger partial charge >= 0.3 is 0 Å². The van der Waals surface area contributed by atoms with Crippen molar-refractivity contribution < 1.29 is 4.42 Å². The zero-order valence-electron chi connectivity index (χ0n) is 10.6.